The summed E-state index contributed by atoms with van der Waals surface area (Å²) < 4.78 is 4.95. The molecule has 0 aromatic rings. The van der Waals surface area contributed by atoms with E-state index in [4.69, 9.17) is 14.7 Å². The third-order valence-electron chi connectivity index (χ3n) is 3.72. The first-order chi connectivity index (χ1) is 9.52. The third-order valence-corrected chi connectivity index (χ3v) is 3.72. The quantitative estimate of drug-likeness (QED) is 0.703. The summed E-state index contributed by atoms with van der Waals surface area (Å²) in [6.07, 6.45) is 4.71. The topological polar surface area (TPSA) is 84.9 Å². The molecule has 1 aliphatic carbocycles. The van der Waals surface area contributed by atoms with Gasteiger partial charge in [-0.05, 0) is 25.7 Å². The second kappa shape index (κ2) is 8.79. The van der Waals surface area contributed by atoms with E-state index < -0.39 is 18.2 Å². The SMILES string of the molecule is CC[C@H](C)OC(=O)NO[C@H](CC1CCCCC1)C(=O)O. The number of carbonyl (C=O) groups is 2. The molecule has 2 atom stereocenters. The van der Waals surface area contributed by atoms with Crippen LogP contribution in [0.15, 0.2) is 0 Å². The first-order valence-corrected chi connectivity index (χ1v) is 7.38. The third kappa shape index (κ3) is 6.23. The molecule has 1 fully saturated rings. The Bertz CT molecular complexity index is 315. The summed E-state index contributed by atoms with van der Waals surface area (Å²) in [5.41, 5.74) is 2.08. The van der Waals surface area contributed by atoms with Crippen molar-refractivity contribution in [3.63, 3.8) is 0 Å². The molecule has 0 radical (unpaired) electrons. The van der Waals surface area contributed by atoms with Crippen LogP contribution in [0.4, 0.5) is 4.79 Å². The highest BCUT2D eigenvalue weighted by Crippen LogP contribution is 2.27. The van der Waals surface area contributed by atoms with Gasteiger partial charge in [-0.15, -0.1) is 0 Å². The lowest BCUT2D eigenvalue weighted by molar-refractivity contribution is -0.156. The average Bonchev–Trinajstić information content (AvgIpc) is 2.44. The first kappa shape index (κ1) is 16.8. The number of amides is 1. The summed E-state index contributed by atoms with van der Waals surface area (Å²) >= 11 is 0. The second-order valence-corrected chi connectivity index (χ2v) is 5.41. The van der Waals surface area contributed by atoms with E-state index >= 15 is 0 Å². The lowest BCUT2D eigenvalue weighted by atomic mass is 9.85. The van der Waals surface area contributed by atoms with Gasteiger partial charge in [-0.1, -0.05) is 39.0 Å². The minimum Gasteiger partial charge on any atom is -0.479 e. The van der Waals surface area contributed by atoms with E-state index in [2.05, 4.69) is 5.48 Å². The van der Waals surface area contributed by atoms with Crippen LogP contribution in [-0.2, 0) is 14.4 Å². The molecule has 0 bridgehead atoms. The summed E-state index contributed by atoms with van der Waals surface area (Å²) in [5.74, 6) is -0.698. The van der Waals surface area contributed by atoms with Gasteiger partial charge in [0.25, 0.3) is 0 Å². The van der Waals surface area contributed by atoms with Crippen LogP contribution < -0.4 is 5.48 Å². The predicted octanol–water partition coefficient (Wildman–Crippen LogP) is 2.87. The second-order valence-electron chi connectivity index (χ2n) is 5.41. The molecule has 116 valence electrons. The standard InChI is InChI=1S/C14H25NO5/c1-3-10(2)19-14(18)15-20-12(13(16)17)9-11-7-5-4-6-8-11/h10-12H,3-9H2,1-2H3,(H,15,18)(H,16,17)/t10-,12+/m0/s1. The number of carboxylic acids is 1. The molecule has 1 aliphatic rings. The minimum atomic E-state index is -1.06. The van der Waals surface area contributed by atoms with E-state index in [0.29, 0.717) is 18.8 Å². The van der Waals surface area contributed by atoms with Crippen molar-refractivity contribution < 1.29 is 24.3 Å². The molecule has 0 saturated heterocycles. The van der Waals surface area contributed by atoms with Gasteiger partial charge in [-0.25, -0.2) is 9.59 Å². The summed E-state index contributed by atoms with van der Waals surface area (Å²) in [5, 5.41) is 9.13. The Labute approximate surface area is 119 Å². The Hall–Kier alpha value is -1.30. The number of carboxylic acid groups (broad SMARTS) is 1. The highest BCUT2D eigenvalue weighted by Gasteiger charge is 2.26. The van der Waals surface area contributed by atoms with Crippen molar-refractivity contribution in [3.8, 4) is 0 Å². The molecule has 1 saturated carbocycles. The molecule has 0 spiro atoms. The van der Waals surface area contributed by atoms with Crippen molar-refractivity contribution in [3.05, 3.63) is 0 Å². The molecular formula is C14H25NO5. The molecule has 0 aliphatic heterocycles. The number of ether oxygens (including phenoxy) is 1. The molecule has 0 aromatic carbocycles. The molecule has 0 unspecified atom stereocenters. The van der Waals surface area contributed by atoms with E-state index in [-0.39, 0.29) is 6.10 Å². The zero-order valence-corrected chi connectivity index (χ0v) is 12.3. The fraction of sp³-hybridized carbons (Fsp3) is 0.857. The Kier molecular flexibility index (Phi) is 7.36. The Morgan fingerprint density at radius 1 is 1.30 bits per heavy atom. The highest BCUT2D eigenvalue weighted by atomic mass is 16.7. The van der Waals surface area contributed by atoms with Gasteiger partial charge >= 0.3 is 12.1 Å². The van der Waals surface area contributed by atoms with Crippen LogP contribution in [0.25, 0.3) is 0 Å². The summed E-state index contributed by atoms with van der Waals surface area (Å²) in [4.78, 5) is 27.5. The average molecular weight is 287 g/mol. The summed E-state index contributed by atoms with van der Waals surface area (Å²) in [6, 6.07) is 0. The normalized spacial score (nSPS) is 19.1. The summed E-state index contributed by atoms with van der Waals surface area (Å²) in [7, 11) is 0. The maximum Gasteiger partial charge on any atom is 0.431 e. The largest absolute Gasteiger partial charge is 0.479 e. The van der Waals surface area contributed by atoms with Crippen LogP contribution in [0.2, 0.25) is 0 Å². The van der Waals surface area contributed by atoms with Crippen molar-refractivity contribution >= 4 is 12.1 Å². The summed E-state index contributed by atoms with van der Waals surface area (Å²) in [6.45, 7) is 3.65. The van der Waals surface area contributed by atoms with Gasteiger partial charge in [0.05, 0.1) is 0 Å². The zero-order valence-electron chi connectivity index (χ0n) is 12.3. The number of rotatable bonds is 7. The molecule has 2 N–H and O–H groups in total. The van der Waals surface area contributed by atoms with Crippen molar-refractivity contribution in [1.29, 1.82) is 0 Å². The molecule has 1 rings (SSSR count). The van der Waals surface area contributed by atoms with Crippen molar-refractivity contribution in [2.75, 3.05) is 0 Å². The van der Waals surface area contributed by atoms with Gasteiger partial charge in [-0.2, -0.15) is 5.48 Å². The van der Waals surface area contributed by atoms with Crippen LogP contribution in [0, 0.1) is 5.92 Å². The molecule has 0 heterocycles. The van der Waals surface area contributed by atoms with Crippen molar-refractivity contribution in [1.82, 2.24) is 5.48 Å². The molecule has 1 amide bonds. The minimum absolute atomic E-state index is 0.222. The van der Waals surface area contributed by atoms with Gasteiger partial charge in [0.1, 0.15) is 6.10 Å². The molecule has 6 nitrogen and oxygen atoms in total. The van der Waals surface area contributed by atoms with Gasteiger partial charge in [-0.3, -0.25) is 4.84 Å². The zero-order chi connectivity index (χ0) is 15.0. The van der Waals surface area contributed by atoms with E-state index in [9.17, 15) is 9.59 Å². The van der Waals surface area contributed by atoms with Crippen molar-refractivity contribution in [2.24, 2.45) is 5.92 Å². The van der Waals surface area contributed by atoms with Crippen LogP contribution in [0.3, 0.4) is 0 Å². The van der Waals surface area contributed by atoms with Gasteiger partial charge in [0.2, 0.25) is 0 Å². The van der Waals surface area contributed by atoms with Crippen LogP contribution in [-0.4, -0.2) is 29.4 Å². The smallest absolute Gasteiger partial charge is 0.431 e. The molecular weight excluding hydrogens is 262 g/mol. The molecule has 6 heteroatoms. The van der Waals surface area contributed by atoms with Gasteiger partial charge in [0.15, 0.2) is 6.10 Å². The maximum absolute atomic E-state index is 11.4. The highest BCUT2D eigenvalue weighted by molar-refractivity contribution is 5.73. The fourth-order valence-electron chi connectivity index (χ4n) is 2.33. The van der Waals surface area contributed by atoms with Gasteiger partial charge in [0, 0.05) is 0 Å². The molecule has 0 aromatic heterocycles. The van der Waals surface area contributed by atoms with E-state index in [1.807, 2.05) is 6.92 Å². The van der Waals surface area contributed by atoms with E-state index in [0.717, 1.165) is 25.7 Å². The number of aliphatic carboxylic acids is 1. The molecule has 20 heavy (non-hydrogen) atoms. The van der Waals surface area contributed by atoms with Crippen LogP contribution >= 0.6 is 0 Å². The Morgan fingerprint density at radius 2 is 1.95 bits per heavy atom. The number of hydrogen-bond acceptors (Lipinski definition) is 4. The lowest BCUT2D eigenvalue weighted by Crippen LogP contribution is -2.37. The maximum atomic E-state index is 11.4. The fourth-order valence-corrected chi connectivity index (χ4v) is 2.33. The monoisotopic (exact) mass is 287 g/mol. The Morgan fingerprint density at radius 3 is 2.50 bits per heavy atom. The van der Waals surface area contributed by atoms with E-state index in [1.165, 1.54) is 6.42 Å². The number of carbonyl (C=O) groups excluding carboxylic acids is 1. The van der Waals surface area contributed by atoms with Gasteiger partial charge < -0.3 is 9.84 Å². The van der Waals surface area contributed by atoms with Crippen LogP contribution in [0.5, 0.6) is 0 Å². The lowest BCUT2D eigenvalue weighted by Gasteiger charge is -2.24. The predicted molar refractivity (Wildman–Crippen MR) is 73.1 cm³/mol. The van der Waals surface area contributed by atoms with E-state index in [1.54, 1.807) is 6.92 Å². The number of hydroxylamine groups is 1. The van der Waals surface area contributed by atoms with Crippen LogP contribution in [0.1, 0.15) is 58.8 Å². The Balaban J connectivity index is 2.34. The first-order valence-electron chi connectivity index (χ1n) is 7.38. The van der Waals surface area contributed by atoms with Crippen molar-refractivity contribution in [2.45, 2.75) is 71.0 Å². The number of hydrogen-bond donors (Lipinski definition) is 2. The number of nitrogens with one attached hydrogen (secondary N) is 1.